The van der Waals surface area contributed by atoms with Gasteiger partial charge in [0.1, 0.15) is 5.75 Å². The van der Waals surface area contributed by atoms with Crippen molar-refractivity contribution in [2.45, 2.75) is 25.7 Å². The maximum absolute atomic E-state index is 11.5. The van der Waals surface area contributed by atoms with Crippen LogP contribution in [0.2, 0.25) is 0 Å². The number of aromatic hydroxyl groups is 1. The lowest BCUT2D eigenvalue weighted by Gasteiger charge is -2.13. The summed E-state index contributed by atoms with van der Waals surface area (Å²) in [6.07, 6.45) is 5.69. The second-order valence-corrected chi connectivity index (χ2v) is 5.80. The van der Waals surface area contributed by atoms with Crippen LogP contribution in [0.3, 0.4) is 0 Å². The third kappa shape index (κ3) is 3.45. The van der Waals surface area contributed by atoms with Gasteiger partial charge in [0.05, 0.1) is 13.5 Å². The highest BCUT2D eigenvalue weighted by molar-refractivity contribution is 5.82. The normalized spacial score (nSPS) is 13.7. The van der Waals surface area contributed by atoms with Crippen LogP contribution in [0.1, 0.15) is 35.1 Å². The molecule has 0 unspecified atom stereocenters. The third-order valence-electron chi connectivity index (χ3n) is 4.21. The third-order valence-corrected chi connectivity index (χ3v) is 4.21. The number of hydrogen-bond donors (Lipinski definition) is 1. The molecule has 0 saturated carbocycles. The van der Waals surface area contributed by atoms with Gasteiger partial charge in [0, 0.05) is 0 Å². The van der Waals surface area contributed by atoms with Crippen LogP contribution in [0.25, 0.3) is 5.57 Å². The van der Waals surface area contributed by atoms with Gasteiger partial charge in [-0.2, -0.15) is 0 Å². The highest BCUT2D eigenvalue weighted by Crippen LogP contribution is 2.32. The molecule has 0 spiro atoms. The van der Waals surface area contributed by atoms with Gasteiger partial charge in [-0.1, -0.05) is 36.4 Å². The SMILES string of the molecule is COC(=O)Cc1ccc2c(c1)CCCC=C2c1ccc(O)cc1. The van der Waals surface area contributed by atoms with Crippen LogP contribution in [0.15, 0.2) is 48.5 Å². The smallest absolute Gasteiger partial charge is 0.309 e. The van der Waals surface area contributed by atoms with Gasteiger partial charge in [-0.25, -0.2) is 0 Å². The Hall–Kier alpha value is -2.55. The zero-order chi connectivity index (χ0) is 16.2. The first-order chi connectivity index (χ1) is 11.2. The Balaban J connectivity index is 1.98. The lowest BCUT2D eigenvalue weighted by Crippen LogP contribution is -2.05. The fourth-order valence-corrected chi connectivity index (χ4v) is 3.03. The number of rotatable bonds is 3. The Labute approximate surface area is 136 Å². The molecule has 1 N–H and O–H groups in total. The van der Waals surface area contributed by atoms with E-state index in [0.29, 0.717) is 6.42 Å². The van der Waals surface area contributed by atoms with Crippen molar-refractivity contribution in [1.82, 2.24) is 0 Å². The van der Waals surface area contributed by atoms with Crippen molar-refractivity contribution < 1.29 is 14.6 Å². The standard InChI is InChI=1S/C20H20O3/c1-23-20(22)13-14-6-11-19-16(12-14)4-2-3-5-18(19)15-7-9-17(21)10-8-15/h5-12,21H,2-4,13H2,1H3. The Morgan fingerprint density at radius 1 is 1.17 bits per heavy atom. The van der Waals surface area contributed by atoms with E-state index in [0.717, 1.165) is 30.4 Å². The van der Waals surface area contributed by atoms with Crippen molar-refractivity contribution in [3.05, 3.63) is 70.8 Å². The molecular formula is C20H20O3. The van der Waals surface area contributed by atoms with E-state index in [-0.39, 0.29) is 11.7 Å². The number of phenols is 1. The number of phenolic OH excluding ortho intramolecular Hbond substituents is 1. The Kier molecular flexibility index (Phi) is 4.47. The van der Waals surface area contributed by atoms with Crippen LogP contribution in [-0.4, -0.2) is 18.2 Å². The summed E-state index contributed by atoms with van der Waals surface area (Å²) in [7, 11) is 1.41. The molecular weight excluding hydrogens is 288 g/mol. The fraction of sp³-hybridized carbons (Fsp3) is 0.250. The molecule has 0 bridgehead atoms. The summed E-state index contributed by atoms with van der Waals surface area (Å²) in [5, 5.41) is 9.49. The first kappa shape index (κ1) is 15.3. The average Bonchev–Trinajstić information content (AvgIpc) is 2.77. The van der Waals surface area contributed by atoms with Gasteiger partial charge >= 0.3 is 5.97 Å². The van der Waals surface area contributed by atoms with Crippen molar-refractivity contribution in [3.8, 4) is 5.75 Å². The molecule has 0 aliphatic heterocycles. The lowest BCUT2D eigenvalue weighted by molar-refractivity contribution is -0.139. The molecule has 2 aromatic carbocycles. The molecule has 23 heavy (non-hydrogen) atoms. The van der Waals surface area contributed by atoms with Gasteiger partial charge in [-0.15, -0.1) is 0 Å². The molecule has 3 heteroatoms. The van der Waals surface area contributed by atoms with E-state index in [1.165, 1.54) is 23.8 Å². The molecule has 0 saturated heterocycles. The number of carbonyl (C=O) groups is 1. The summed E-state index contributed by atoms with van der Waals surface area (Å²) < 4.78 is 4.75. The van der Waals surface area contributed by atoms with Crippen molar-refractivity contribution >= 4 is 11.5 Å². The van der Waals surface area contributed by atoms with Crippen LogP contribution in [0.5, 0.6) is 5.75 Å². The van der Waals surface area contributed by atoms with E-state index >= 15 is 0 Å². The van der Waals surface area contributed by atoms with Gasteiger partial charge in [0.25, 0.3) is 0 Å². The summed E-state index contributed by atoms with van der Waals surface area (Å²) in [6, 6.07) is 13.5. The second-order valence-electron chi connectivity index (χ2n) is 5.80. The Bertz CT molecular complexity index is 742. The maximum atomic E-state index is 11.5. The van der Waals surface area contributed by atoms with Crippen molar-refractivity contribution in [1.29, 1.82) is 0 Å². The number of carbonyl (C=O) groups excluding carboxylic acids is 1. The molecule has 0 amide bonds. The number of fused-ring (bicyclic) bond motifs is 1. The van der Waals surface area contributed by atoms with Crippen LogP contribution < -0.4 is 0 Å². The van der Waals surface area contributed by atoms with Crippen LogP contribution in [-0.2, 0) is 22.4 Å². The predicted molar refractivity (Wildman–Crippen MR) is 90.3 cm³/mol. The maximum Gasteiger partial charge on any atom is 0.309 e. The summed E-state index contributed by atoms with van der Waals surface area (Å²) in [5.41, 5.74) is 5.77. The first-order valence-electron chi connectivity index (χ1n) is 7.86. The molecule has 0 radical (unpaired) electrons. The van der Waals surface area contributed by atoms with Crippen LogP contribution in [0.4, 0.5) is 0 Å². The zero-order valence-corrected chi connectivity index (χ0v) is 13.2. The van der Waals surface area contributed by atoms with Crippen molar-refractivity contribution in [3.63, 3.8) is 0 Å². The summed E-state index contributed by atoms with van der Waals surface area (Å²) in [5.74, 6) is 0.0597. The van der Waals surface area contributed by atoms with E-state index < -0.39 is 0 Å². The Morgan fingerprint density at radius 2 is 1.96 bits per heavy atom. The van der Waals surface area contributed by atoms with Gasteiger partial charge in [0.15, 0.2) is 0 Å². The van der Waals surface area contributed by atoms with E-state index in [2.05, 4.69) is 18.2 Å². The van der Waals surface area contributed by atoms with Gasteiger partial charge in [-0.3, -0.25) is 4.79 Å². The molecule has 1 aliphatic rings. The fourth-order valence-electron chi connectivity index (χ4n) is 3.03. The first-order valence-corrected chi connectivity index (χ1v) is 7.86. The molecule has 3 rings (SSSR count). The monoisotopic (exact) mass is 308 g/mol. The molecule has 0 heterocycles. The summed E-state index contributed by atoms with van der Waals surface area (Å²) >= 11 is 0. The molecule has 118 valence electrons. The molecule has 3 nitrogen and oxygen atoms in total. The van der Waals surface area contributed by atoms with Gasteiger partial charge in [-0.05, 0) is 59.2 Å². The number of methoxy groups -OCH3 is 1. The molecule has 0 fully saturated rings. The number of allylic oxidation sites excluding steroid dienone is 1. The number of benzene rings is 2. The lowest BCUT2D eigenvalue weighted by atomic mass is 9.92. The van der Waals surface area contributed by atoms with Crippen molar-refractivity contribution in [2.24, 2.45) is 0 Å². The van der Waals surface area contributed by atoms with E-state index in [9.17, 15) is 9.90 Å². The topological polar surface area (TPSA) is 46.5 Å². The highest BCUT2D eigenvalue weighted by atomic mass is 16.5. The average molecular weight is 308 g/mol. The molecule has 1 aliphatic carbocycles. The Morgan fingerprint density at radius 3 is 2.70 bits per heavy atom. The number of esters is 1. The largest absolute Gasteiger partial charge is 0.508 e. The van der Waals surface area contributed by atoms with E-state index in [1.807, 2.05) is 18.2 Å². The number of aryl methyl sites for hydroxylation is 1. The van der Waals surface area contributed by atoms with Gasteiger partial charge < -0.3 is 9.84 Å². The van der Waals surface area contributed by atoms with Gasteiger partial charge in [0.2, 0.25) is 0 Å². The number of hydrogen-bond acceptors (Lipinski definition) is 3. The minimum Gasteiger partial charge on any atom is -0.508 e. The van der Waals surface area contributed by atoms with Crippen LogP contribution >= 0.6 is 0 Å². The van der Waals surface area contributed by atoms with E-state index in [1.54, 1.807) is 12.1 Å². The van der Waals surface area contributed by atoms with Crippen molar-refractivity contribution in [2.75, 3.05) is 7.11 Å². The molecule has 0 atom stereocenters. The molecule has 0 aromatic heterocycles. The number of ether oxygens (including phenoxy) is 1. The quantitative estimate of drug-likeness (QED) is 0.875. The molecule has 2 aromatic rings. The predicted octanol–water partition coefficient (Wildman–Crippen LogP) is 3.88. The summed E-state index contributed by atoms with van der Waals surface area (Å²) in [4.78, 5) is 11.5. The zero-order valence-electron chi connectivity index (χ0n) is 13.2. The highest BCUT2D eigenvalue weighted by Gasteiger charge is 2.14. The van der Waals surface area contributed by atoms with E-state index in [4.69, 9.17) is 4.74 Å². The minimum absolute atomic E-state index is 0.215. The van der Waals surface area contributed by atoms with Crippen LogP contribution in [0, 0.1) is 0 Å². The summed E-state index contributed by atoms with van der Waals surface area (Å²) in [6.45, 7) is 0. The minimum atomic E-state index is -0.215. The second kappa shape index (κ2) is 6.69.